The number of hydrogen-bond donors (Lipinski definition) is 14. The van der Waals surface area contributed by atoms with Crippen molar-refractivity contribution in [2.24, 2.45) is 0 Å². The van der Waals surface area contributed by atoms with Gasteiger partial charge in [-0.15, -0.1) is 0 Å². The summed E-state index contributed by atoms with van der Waals surface area (Å²) in [5.41, 5.74) is 0. The van der Waals surface area contributed by atoms with Crippen LogP contribution in [-0.2, 0) is 67.1 Å². The van der Waals surface area contributed by atoms with Crippen molar-refractivity contribution in [3.8, 4) is 0 Å². The topological polar surface area (TPSA) is 522 Å². The number of carboxylic acids is 14. The molecule has 0 saturated heterocycles. The maximum atomic E-state index is 9.00. The van der Waals surface area contributed by atoms with E-state index >= 15 is 0 Å². The summed E-state index contributed by atoms with van der Waals surface area (Å²) in [6.07, 6.45) is 0. The first-order valence-electron chi connectivity index (χ1n) is 13.0. The Morgan fingerprint density at radius 3 is 0.143 bits per heavy atom. The molecule has 0 heterocycles. The van der Waals surface area contributed by atoms with E-state index in [0.29, 0.717) is 0 Å². The Labute approximate surface area is 319 Å². The summed E-state index contributed by atoms with van der Waals surface area (Å²) in [6.45, 7) is 15.2. The van der Waals surface area contributed by atoms with Crippen molar-refractivity contribution in [2.75, 3.05) is 0 Å². The number of carboxylic acid groups (broad SMARTS) is 14. The van der Waals surface area contributed by atoms with Crippen LogP contribution in [0.15, 0.2) is 0 Å². The number of carbonyl (C=O) groups is 14. The second-order valence-corrected chi connectivity index (χ2v) is 7.27. The highest BCUT2D eigenvalue weighted by Gasteiger charge is 1.70. The number of aliphatic carboxylic acids is 14. The zero-order chi connectivity index (χ0) is 50.1. The summed E-state index contributed by atoms with van der Waals surface area (Å²) in [4.78, 5) is 126. The van der Waals surface area contributed by atoms with E-state index in [9.17, 15) is 0 Å². The standard InChI is InChI=1S/14C2H4O2/c14*1-2(3)4/h14*1H3,(H,3,4). The van der Waals surface area contributed by atoms with Crippen molar-refractivity contribution in [1.82, 2.24) is 0 Å². The van der Waals surface area contributed by atoms with Crippen LogP contribution in [0, 0.1) is 0 Å². The van der Waals surface area contributed by atoms with E-state index < -0.39 is 83.6 Å². The van der Waals surface area contributed by atoms with Crippen molar-refractivity contribution in [3.05, 3.63) is 0 Å². The Morgan fingerprint density at radius 1 is 0.143 bits per heavy atom. The van der Waals surface area contributed by atoms with Crippen LogP contribution in [0.1, 0.15) is 96.9 Å². The molecule has 56 heavy (non-hydrogen) atoms. The van der Waals surface area contributed by atoms with Crippen molar-refractivity contribution in [2.45, 2.75) is 96.9 Å². The molecule has 0 aromatic carbocycles. The third kappa shape index (κ3) is 1760. The first-order valence-corrected chi connectivity index (χ1v) is 13.0. The van der Waals surface area contributed by atoms with Gasteiger partial charge in [0.25, 0.3) is 83.6 Å². The summed E-state index contributed by atoms with van der Waals surface area (Å²) in [6, 6.07) is 0. The van der Waals surface area contributed by atoms with Gasteiger partial charge in [-0.1, -0.05) is 0 Å². The van der Waals surface area contributed by atoms with Gasteiger partial charge in [-0.05, 0) is 0 Å². The van der Waals surface area contributed by atoms with Crippen LogP contribution in [0.25, 0.3) is 0 Å². The van der Waals surface area contributed by atoms with Gasteiger partial charge in [0.1, 0.15) is 0 Å². The van der Waals surface area contributed by atoms with E-state index in [-0.39, 0.29) is 0 Å². The van der Waals surface area contributed by atoms with Gasteiger partial charge in [-0.25, -0.2) is 0 Å². The molecular formula is C28H56O28. The Kier molecular flexibility index (Phi) is 142. The van der Waals surface area contributed by atoms with Crippen LogP contribution in [-0.4, -0.2) is 155 Å². The first kappa shape index (κ1) is 92.0. The lowest BCUT2D eigenvalue weighted by molar-refractivity contribution is -0.135. The van der Waals surface area contributed by atoms with E-state index in [1.807, 2.05) is 0 Å². The summed E-state index contributed by atoms with van der Waals surface area (Å²) in [7, 11) is 0. The van der Waals surface area contributed by atoms with Crippen LogP contribution in [0.5, 0.6) is 0 Å². The van der Waals surface area contributed by atoms with Gasteiger partial charge in [0.05, 0.1) is 0 Å². The summed E-state index contributed by atoms with van der Waals surface area (Å²) < 4.78 is 0. The number of hydrogen-bond acceptors (Lipinski definition) is 14. The average Bonchev–Trinajstić information content (AvgIpc) is 2.73. The Morgan fingerprint density at radius 2 is 0.143 bits per heavy atom. The molecule has 14 N–H and O–H groups in total. The summed E-state index contributed by atoms with van der Waals surface area (Å²) >= 11 is 0. The average molecular weight is 841 g/mol. The molecule has 28 nitrogen and oxygen atoms in total. The number of rotatable bonds is 0. The lowest BCUT2D eigenvalue weighted by Gasteiger charge is -1.59. The van der Waals surface area contributed by atoms with Gasteiger partial charge in [-0.2, -0.15) is 0 Å². The molecule has 0 spiro atoms. The minimum atomic E-state index is -0.833. The van der Waals surface area contributed by atoms with Gasteiger partial charge in [0, 0.05) is 96.9 Å². The Hall–Kier alpha value is -7.42. The Balaban J connectivity index is -0.0000000283. The second kappa shape index (κ2) is 86.3. The van der Waals surface area contributed by atoms with E-state index in [1.165, 1.54) is 0 Å². The van der Waals surface area contributed by atoms with Gasteiger partial charge in [-0.3, -0.25) is 67.1 Å². The first-order chi connectivity index (χ1) is 24.2. The lowest BCUT2D eigenvalue weighted by atomic mass is 10.9. The van der Waals surface area contributed by atoms with Gasteiger partial charge in [0.15, 0.2) is 0 Å². The smallest absolute Gasteiger partial charge is 0.300 e. The van der Waals surface area contributed by atoms with Gasteiger partial charge < -0.3 is 71.5 Å². The van der Waals surface area contributed by atoms with Crippen molar-refractivity contribution >= 4 is 83.6 Å². The fraction of sp³-hybridized carbons (Fsp3) is 0.500. The zero-order valence-corrected chi connectivity index (χ0v) is 33.0. The summed E-state index contributed by atoms with van der Waals surface area (Å²) in [5, 5.41) is 104. The molecule has 0 atom stereocenters. The molecule has 0 radical (unpaired) electrons. The fourth-order valence-corrected chi connectivity index (χ4v) is 0. The van der Waals surface area contributed by atoms with Gasteiger partial charge >= 0.3 is 0 Å². The summed E-state index contributed by atoms with van der Waals surface area (Å²) in [5.74, 6) is -11.7. The fourth-order valence-electron chi connectivity index (χ4n) is 0. The predicted molar refractivity (Wildman–Crippen MR) is 186 cm³/mol. The molecule has 0 aromatic heterocycles. The molecule has 0 aromatic rings. The monoisotopic (exact) mass is 840 g/mol. The van der Waals surface area contributed by atoms with Crippen molar-refractivity contribution in [1.29, 1.82) is 0 Å². The molecule has 0 aliphatic rings. The molecule has 0 fully saturated rings. The third-order valence-corrected chi connectivity index (χ3v) is 0. The zero-order valence-electron chi connectivity index (χ0n) is 33.0. The molecule has 28 heteroatoms. The Bertz CT molecular complexity index is 698. The molecule has 0 amide bonds. The highest BCUT2D eigenvalue weighted by atomic mass is 16.4. The predicted octanol–water partition coefficient (Wildman–Crippen LogP) is 1.27. The normalized spacial score (nSPS) is 6.25. The van der Waals surface area contributed by atoms with Crippen LogP contribution in [0.2, 0.25) is 0 Å². The highest BCUT2D eigenvalue weighted by molar-refractivity contribution is 5.66. The van der Waals surface area contributed by atoms with Crippen LogP contribution in [0.3, 0.4) is 0 Å². The molecule has 0 aliphatic carbocycles. The SMILES string of the molecule is CC(=O)O.CC(=O)O.CC(=O)O.CC(=O)O.CC(=O)O.CC(=O)O.CC(=O)O.CC(=O)O.CC(=O)O.CC(=O)O.CC(=O)O.CC(=O)O.CC(=O)O.CC(=O)O. The van der Waals surface area contributed by atoms with Crippen LogP contribution >= 0.6 is 0 Å². The van der Waals surface area contributed by atoms with Crippen molar-refractivity contribution in [3.63, 3.8) is 0 Å². The minimum Gasteiger partial charge on any atom is -0.481 e. The van der Waals surface area contributed by atoms with Gasteiger partial charge in [0.2, 0.25) is 0 Å². The third-order valence-electron chi connectivity index (χ3n) is 0. The molecule has 0 saturated carbocycles. The quantitative estimate of drug-likeness (QED) is 0.163. The van der Waals surface area contributed by atoms with Crippen LogP contribution in [0.4, 0.5) is 0 Å². The molecule has 0 aliphatic heterocycles. The van der Waals surface area contributed by atoms with E-state index in [2.05, 4.69) is 0 Å². The molecule has 0 bridgehead atoms. The maximum absolute atomic E-state index is 9.00. The van der Waals surface area contributed by atoms with Crippen molar-refractivity contribution < 1.29 is 139 Å². The molecule has 0 unspecified atom stereocenters. The van der Waals surface area contributed by atoms with E-state index in [1.54, 1.807) is 0 Å². The maximum Gasteiger partial charge on any atom is 0.300 e. The lowest BCUT2D eigenvalue weighted by Crippen LogP contribution is -1.78. The molecule has 0 rings (SSSR count). The second-order valence-electron chi connectivity index (χ2n) is 7.27. The largest absolute Gasteiger partial charge is 0.481 e. The van der Waals surface area contributed by atoms with Crippen LogP contribution < -0.4 is 0 Å². The molecular weight excluding hydrogens is 784 g/mol. The highest BCUT2D eigenvalue weighted by Crippen LogP contribution is 1.46. The molecule has 336 valence electrons. The minimum absolute atomic E-state index is 0.833. The van der Waals surface area contributed by atoms with E-state index in [0.717, 1.165) is 96.9 Å². The van der Waals surface area contributed by atoms with E-state index in [4.69, 9.17) is 139 Å².